The smallest absolute Gasteiger partial charge is 0.193 e. The van der Waals surface area contributed by atoms with E-state index < -0.39 is 0 Å². The van der Waals surface area contributed by atoms with E-state index in [0.29, 0.717) is 12.2 Å². The van der Waals surface area contributed by atoms with Gasteiger partial charge in [-0.1, -0.05) is 0 Å². The van der Waals surface area contributed by atoms with Gasteiger partial charge in [-0.25, -0.2) is 4.98 Å². The molecule has 0 saturated carbocycles. The van der Waals surface area contributed by atoms with Crippen molar-refractivity contribution in [2.45, 2.75) is 58.3 Å². The summed E-state index contributed by atoms with van der Waals surface area (Å²) in [7, 11) is 1.85. The number of nitrogens with zero attached hydrogens (tertiary/aromatic N) is 3. The molecular weight excluding hydrogens is 336 g/mol. The number of hydrogen-bond acceptors (Lipinski definition) is 5. The maximum Gasteiger partial charge on any atom is 0.193 e. The van der Waals surface area contributed by atoms with Crippen molar-refractivity contribution in [3.8, 4) is 0 Å². The first-order valence-corrected chi connectivity index (χ1v) is 10.1. The zero-order chi connectivity index (χ0) is 17.6. The average Bonchev–Trinajstić information content (AvgIpc) is 3.24. The topological polar surface area (TPSA) is 59.0 Å². The van der Waals surface area contributed by atoms with Crippen LogP contribution in [-0.4, -0.2) is 61.4 Å². The number of hydrogen-bond donors (Lipinski definition) is 1. The van der Waals surface area contributed by atoms with Crippen LogP contribution in [0.3, 0.4) is 0 Å². The summed E-state index contributed by atoms with van der Waals surface area (Å²) in [6.07, 6.45) is 5.08. The van der Waals surface area contributed by atoms with E-state index in [4.69, 9.17) is 9.47 Å². The van der Waals surface area contributed by atoms with Crippen molar-refractivity contribution in [1.82, 2.24) is 15.2 Å². The second kappa shape index (κ2) is 8.96. The first-order valence-electron chi connectivity index (χ1n) is 9.27. The van der Waals surface area contributed by atoms with Crippen LogP contribution in [0, 0.1) is 13.8 Å². The van der Waals surface area contributed by atoms with Crippen molar-refractivity contribution >= 4 is 17.3 Å². The molecule has 7 heteroatoms. The summed E-state index contributed by atoms with van der Waals surface area (Å²) in [5.74, 6) is 0.975. The Morgan fingerprint density at radius 2 is 2.16 bits per heavy atom. The molecule has 1 N–H and O–H groups in total. The van der Waals surface area contributed by atoms with Crippen LogP contribution in [0.25, 0.3) is 0 Å². The molecule has 6 nitrogen and oxygen atoms in total. The molecule has 140 valence electrons. The fourth-order valence-electron chi connectivity index (χ4n) is 3.48. The Bertz CT molecular complexity index is 576. The minimum absolute atomic E-state index is 0.318. The Labute approximate surface area is 154 Å². The molecule has 1 aromatic heterocycles. The third-order valence-corrected chi connectivity index (χ3v) is 5.97. The first kappa shape index (κ1) is 18.6. The summed E-state index contributed by atoms with van der Waals surface area (Å²) in [6, 6.07) is 0. The summed E-state index contributed by atoms with van der Waals surface area (Å²) in [5.41, 5.74) is 1.12. The van der Waals surface area contributed by atoms with E-state index in [0.717, 1.165) is 68.8 Å². The van der Waals surface area contributed by atoms with Gasteiger partial charge in [0.15, 0.2) is 5.96 Å². The highest BCUT2D eigenvalue weighted by atomic mass is 32.1. The average molecular weight is 367 g/mol. The van der Waals surface area contributed by atoms with Crippen LogP contribution in [0.15, 0.2) is 4.99 Å². The SMILES string of the molecule is CN=C(NCc1sc(C)nc1C)N1CCC(OCC2CCCO2)CC1. The Morgan fingerprint density at radius 3 is 2.76 bits per heavy atom. The standard InChI is InChI=1S/C18H30N4O2S/c1-13-17(25-14(2)21-13)11-20-18(19-3)22-8-6-15(7-9-22)24-12-16-5-4-10-23-16/h15-16H,4-12H2,1-3H3,(H,19,20). The highest BCUT2D eigenvalue weighted by molar-refractivity contribution is 7.11. The second-order valence-electron chi connectivity index (χ2n) is 6.80. The minimum atomic E-state index is 0.318. The maximum atomic E-state index is 6.06. The lowest BCUT2D eigenvalue weighted by molar-refractivity contribution is -0.0367. The molecule has 0 aromatic carbocycles. The van der Waals surface area contributed by atoms with E-state index in [1.165, 1.54) is 11.3 Å². The number of likely N-dealkylation sites (tertiary alicyclic amines) is 1. The van der Waals surface area contributed by atoms with Crippen LogP contribution in [0.1, 0.15) is 41.3 Å². The zero-order valence-corrected chi connectivity index (χ0v) is 16.4. The maximum absolute atomic E-state index is 6.06. The normalized spacial score (nSPS) is 22.6. The molecule has 3 heterocycles. The van der Waals surface area contributed by atoms with Crippen LogP contribution in [0.4, 0.5) is 0 Å². The van der Waals surface area contributed by atoms with Gasteiger partial charge in [0.25, 0.3) is 0 Å². The molecule has 0 aliphatic carbocycles. The molecule has 0 spiro atoms. The molecular formula is C18H30N4O2S. The largest absolute Gasteiger partial charge is 0.376 e. The number of piperidine rings is 1. The van der Waals surface area contributed by atoms with Crippen LogP contribution in [0.5, 0.6) is 0 Å². The lowest BCUT2D eigenvalue weighted by Gasteiger charge is -2.34. The summed E-state index contributed by atoms with van der Waals surface area (Å²) >= 11 is 1.75. The number of ether oxygens (including phenoxy) is 2. The Morgan fingerprint density at radius 1 is 1.36 bits per heavy atom. The minimum Gasteiger partial charge on any atom is -0.376 e. The Kier molecular flexibility index (Phi) is 6.67. The molecule has 0 amide bonds. The highest BCUT2D eigenvalue weighted by Crippen LogP contribution is 2.19. The third-order valence-electron chi connectivity index (χ3n) is 4.90. The van der Waals surface area contributed by atoms with E-state index in [-0.39, 0.29) is 0 Å². The van der Waals surface area contributed by atoms with Gasteiger partial charge in [0, 0.05) is 31.6 Å². The van der Waals surface area contributed by atoms with Gasteiger partial charge in [0.1, 0.15) is 0 Å². The van der Waals surface area contributed by atoms with E-state index in [1.807, 2.05) is 7.05 Å². The summed E-state index contributed by atoms with van der Waals surface area (Å²) in [4.78, 5) is 12.6. The molecule has 2 fully saturated rings. The second-order valence-corrected chi connectivity index (χ2v) is 8.08. The van der Waals surface area contributed by atoms with Gasteiger partial charge in [-0.15, -0.1) is 11.3 Å². The van der Waals surface area contributed by atoms with Crippen molar-refractivity contribution in [1.29, 1.82) is 0 Å². The van der Waals surface area contributed by atoms with Crippen molar-refractivity contribution < 1.29 is 9.47 Å². The van der Waals surface area contributed by atoms with Gasteiger partial charge >= 0.3 is 0 Å². The Balaban J connectivity index is 1.41. The molecule has 2 saturated heterocycles. The zero-order valence-electron chi connectivity index (χ0n) is 15.6. The van der Waals surface area contributed by atoms with Gasteiger partial charge in [-0.3, -0.25) is 4.99 Å². The van der Waals surface area contributed by atoms with Gasteiger partial charge < -0.3 is 19.7 Å². The van der Waals surface area contributed by atoms with Crippen LogP contribution in [0.2, 0.25) is 0 Å². The predicted octanol–water partition coefficient (Wildman–Crippen LogP) is 2.50. The fraction of sp³-hybridized carbons (Fsp3) is 0.778. The van der Waals surface area contributed by atoms with Crippen molar-refractivity contribution in [2.24, 2.45) is 4.99 Å². The van der Waals surface area contributed by atoms with Crippen molar-refractivity contribution in [3.63, 3.8) is 0 Å². The summed E-state index contributed by atoms with van der Waals surface area (Å²) in [6.45, 7) is 8.53. The monoisotopic (exact) mass is 366 g/mol. The van der Waals surface area contributed by atoms with Crippen molar-refractivity contribution in [3.05, 3.63) is 15.6 Å². The Hall–Kier alpha value is -1.18. The third kappa shape index (κ3) is 5.15. The first-order chi connectivity index (χ1) is 12.2. The fourth-order valence-corrected chi connectivity index (χ4v) is 4.36. The molecule has 0 bridgehead atoms. The van der Waals surface area contributed by atoms with Crippen LogP contribution >= 0.6 is 11.3 Å². The molecule has 2 aliphatic rings. The van der Waals surface area contributed by atoms with Gasteiger partial charge in [0.05, 0.1) is 36.1 Å². The molecule has 3 rings (SSSR count). The molecule has 1 unspecified atom stereocenters. The van der Waals surface area contributed by atoms with Gasteiger partial charge in [0.2, 0.25) is 0 Å². The lowest BCUT2D eigenvalue weighted by atomic mass is 10.1. The van der Waals surface area contributed by atoms with Crippen LogP contribution in [-0.2, 0) is 16.0 Å². The molecule has 0 radical (unpaired) electrons. The lowest BCUT2D eigenvalue weighted by Crippen LogP contribution is -2.47. The van der Waals surface area contributed by atoms with Gasteiger partial charge in [-0.2, -0.15) is 0 Å². The highest BCUT2D eigenvalue weighted by Gasteiger charge is 2.24. The predicted molar refractivity (Wildman–Crippen MR) is 101 cm³/mol. The van der Waals surface area contributed by atoms with E-state index in [1.54, 1.807) is 11.3 Å². The van der Waals surface area contributed by atoms with Gasteiger partial charge in [-0.05, 0) is 39.5 Å². The van der Waals surface area contributed by atoms with E-state index in [2.05, 4.69) is 34.0 Å². The number of aryl methyl sites for hydroxylation is 2. The summed E-state index contributed by atoms with van der Waals surface area (Å²) < 4.78 is 11.7. The van der Waals surface area contributed by atoms with Crippen LogP contribution < -0.4 is 5.32 Å². The number of guanidine groups is 1. The number of aliphatic imine (C=N–C) groups is 1. The quantitative estimate of drug-likeness (QED) is 0.641. The molecule has 1 atom stereocenters. The number of thiazole rings is 1. The number of aromatic nitrogens is 1. The van der Waals surface area contributed by atoms with E-state index >= 15 is 0 Å². The summed E-state index contributed by atoms with van der Waals surface area (Å²) in [5, 5.41) is 4.61. The van der Waals surface area contributed by atoms with E-state index in [9.17, 15) is 0 Å². The molecule has 2 aliphatic heterocycles. The number of nitrogens with one attached hydrogen (secondary N) is 1. The van der Waals surface area contributed by atoms with Crippen molar-refractivity contribution in [2.75, 3.05) is 33.4 Å². The molecule has 25 heavy (non-hydrogen) atoms. The molecule has 1 aromatic rings. The number of rotatable bonds is 5.